The molecule has 0 bridgehead atoms. The maximum absolute atomic E-state index is 15.0. The molecule has 1 amide bonds. The zero-order valence-corrected chi connectivity index (χ0v) is 22.5. The van der Waals surface area contributed by atoms with Crippen LogP contribution in [0.1, 0.15) is 35.7 Å². The summed E-state index contributed by atoms with van der Waals surface area (Å²) in [4.78, 5) is 21.1. The first-order chi connectivity index (χ1) is 19.3. The van der Waals surface area contributed by atoms with E-state index in [-0.39, 0.29) is 17.2 Å². The number of nitrogens with one attached hydrogen (secondary N) is 2. The van der Waals surface area contributed by atoms with Gasteiger partial charge in [-0.2, -0.15) is 9.65 Å². The van der Waals surface area contributed by atoms with Crippen LogP contribution in [0.3, 0.4) is 0 Å². The van der Waals surface area contributed by atoms with E-state index in [1.165, 1.54) is 18.3 Å². The molecule has 5 rings (SSSR count). The van der Waals surface area contributed by atoms with Crippen molar-refractivity contribution in [3.63, 3.8) is 0 Å². The third-order valence-electron chi connectivity index (χ3n) is 7.42. The number of aliphatic imine (C=N–C) groups is 1. The molecule has 1 atom stereocenters. The van der Waals surface area contributed by atoms with Crippen LogP contribution >= 0.6 is 11.6 Å². The van der Waals surface area contributed by atoms with Crippen LogP contribution in [-0.2, 0) is 0 Å². The average Bonchev–Trinajstić information content (AvgIpc) is 3.31. The number of amides is 1. The average molecular weight is 568 g/mol. The lowest BCUT2D eigenvalue weighted by molar-refractivity contribution is 0.0693. The molecule has 9 nitrogen and oxygen atoms in total. The molecular weight excluding hydrogens is 540 g/mol. The predicted octanol–water partition coefficient (Wildman–Crippen LogP) is 4.25. The van der Waals surface area contributed by atoms with Gasteiger partial charge in [0.05, 0.1) is 16.3 Å². The molecule has 0 spiro atoms. The van der Waals surface area contributed by atoms with Crippen molar-refractivity contribution >= 4 is 34.7 Å². The molecule has 2 aromatic rings. The quantitative estimate of drug-likeness (QED) is 0.477. The highest BCUT2D eigenvalue weighted by atomic mass is 35.5. The molecule has 3 heterocycles. The van der Waals surface area contributed by atoms with E-state index >= 15 is 4.39 Å². The normalized spacial score (nSPS) is 20.3. The van der Waals surface area contributed by atoms with Crippen LogP contribution in [0.2, 0.25) is 5.02 Å². The van der Waals surface area contributed by atoms with Crippen molar-refractivity contribution in [3.8, 4) is 11.8 Å². The van der Waals surface area contributed by atoms with E-state index in [9.17, 15) is 9.18 Å². The van der Waals surface area contributed by atoms with Gasteiger partial charge in [0.1, 0.15) is 6.07 Å². The second-order valence-corrected chi connectivity index (χ2v) is 10.3. The van der Waals surface area contributed by atoms with Gasteiger partial charge in [-0.05, 0) is 62.6 Å². The number of nitriles is 1. The summed E-state index contributed by atoms with van der Waals surface area (Å²) in [7, 11) is 0. The first-order valence-corrected chi connectivity index (χ1v) is 13.2. The van der Waals surface area contributed by atoms with Crippen molar-refractivity contribution in [2.75, 3.05) is 31.6 Å². The number of fused-ring (bicyclic) bond motifs is 1. The number of piperidine rings is 1. The number of nitrogens with two attached hydrogens (primary N) is 1. The minimum absolute atomic E-state index is 0.00494. The molecule has 0 radical (unpaired) electrons. The Morgan fingerprint density at radius 1 is 1.30 bits per heavy atom. The first-order valence-electron chi connectivity index (χ1n) is 12.8. The summed E-state index contributed by atoms with van der Waals surface area (Å²) in [5.41, 5.74) is 6.19. The Balaban J connectivity index is 1.31. The van der Waals surface area contributed by atoms with Crippen molar-refractivity contribution in [2.24, 2.45) is 16.6 Å². The molecule has 208 valence electrons. The largest absolute Gasteiger partial charge is 0.476 e. The number of likely N-dealkylation sites (tertiary alicyclic amines) is 1. The molecule has 3 aliphatic rings. The van der Waals surface area contributed by atoms with Crippen LogP contribution in [-0.4, -0.2) is 53.4 Å². The van der Waals surface area contributed by atoms with E-state index in [2.05, 4.69) is 15.6 Å². The SMILES string of the molecule is CC12NC=C(c3ccc(OCC#N)c(F)c3F)N1C=CN=C2Nc1ccc(C(=O)N2CCC(CN)CC2)c(Cl)c1. The molecule has 1 fully saturated rings. The van der Waals surface area contributed by atoms with E-state index < -0.39 is 23.9 Å². The Morgan fingerprint density at radius 3 is 2.77 bits per heavy atom. The third kappa shape index (κ3) is 4.96. The van der Waals surface area contributed by atoms with Crippen molar-refractivity contribution in [2.45, 2.75) is 25.4 Å². The standard InChI is InChI=1S/C28H28ClF2N7O2/c1-28-27(36-18-2-3-19(21(29)14-18)26(39)37-10-6-17(15-33)7-11-37)34-9-12-38(28)22(16-35-28)20-4-5-23(40-13-8-32)25(31)24(20)30/h2-5,9,12,14,16-17,35H,6-7,10-11,13,15,33H2,1H3,(H,34,36). The van der Waals surface area contributed by atoms with Crippen LogP contribution in [0.15, 0.2) is 53.9 Å². The zero-order chi connectivity index (χ0) is 28.4. The van der Waals surface area contributed by atoms with Gasteiger partial charge in [-0.25, -0.2) is 9.38 Å². The van der Waals surface area contributed by atoms with E-state index in [1.54, 1.807) is 46.5 Å². The number of hydrogen-bond donors (Lipinski definition) is 3. The fourth-order valence-electron chi connectivity index (χ4n) is 5.06. The minimum atomic E-state index is -1.18. The second kappa shape index (κ2) is 11.2. The molecule has 0 aliphatic carbocycles. The summed E-state index contributed by atoms with van der Waals surface area (Å²) in [5.74, 6) is -1.83. The van der Waals surface area contributed by atoms with Gasteiger partial charge in [0, 0.05) is 42.9 Å². The third-order valence-corrected chi connectivity index (χ3v) is 7.74. The van der Waals surface area contributed by atoms with Crippen LogP contribution < -0.4 is 21.1 Å². The van der Waals surface area contributed by atoms with Crippen LogP contribution in [0.5, 0.6) is 5.75 Å². The number of halogens is 3. The van der Waals surface area contributed by atoms with Crippen molar-refractivity contribution in [1.29, 1.82) is 5.26 Å². The number of amidine groups is 1. The van der Waals surface area contributed by atoms with Gasteiger partial charge in [-0.1, -0.05) is 11.6 Å². The number of carbonyl (C=O) groups is 1. The van der Waals surface area contributed by atoms with Crippen LogP contribution in [0.25, 0.3) is 5.70 Å². The Hall–Kier alpha value is -4.14. The second-order valence-electron chi connectivity index (χ2n) is 9.87. The molecule has 12 heteroatoms. The van der Waals surface area contributed by atoms with Crippen molar-refractivity contribution in [1.82, 2.24) is 15.1 Å². The van der Waals surface area contributed by atoms with E-state index in [4.69, 9.17) is 27.3 Å². The Bertz CT molecular complexity index is 1460. The number of anilines is 1. The number of carbonyl (C=O) groups excluding carboxylic acids is 1. The van der Waals surface area contributed by atoms with Crippen molar-refractivity contribution < 1.29 is 18.3 Å². The summed E-state index contributed by atoms with van der Waals surface area (Å²) >= 11 is 6.54. The topological polar surface area (TPSA) is 119 Å². The van der Waals surface area contributed by atoms with E-state index in [1.807, 2.05) is 6.92 Å². The fourth-order valence-corrected chi connectivity index (χ4v) is 5.32. The molecule has 4 N–H and O–H groups in total. The summed E-state index contributed by atoms with van der Waals surface area (Å²) < 4.78 is 34.6. The summed E-state index contributed by atoms with van der Waals surface area (Å²) in [5, 5.41) is 15.4. The summed E-state index contributed by atoms with van der Waals surface area (Å²) in [6.07, 6.45) is 6.51. The minimum Gasteiger partial charge on any atom is -0.476 e. The van der Waals surface area contributed by atoms with Crippen molar-refractivity contribution in [3.05, 3.63) is 76.7 Å². The molecular formula is C28H28ClF2N7O2. The van der Waals surface area contributed by atoms with Crippen LogP contribution in [0, 0.1) is 28.9 Å². The lowest BCUT2D eigenvalue weighted by atomic mass is 9.96. The van der Waals surface area contributed by atoms with Gasteiger partial charge in [0.25, 0.3) is 5.91 Å². The highest BCUT2D eigenvalue weighted by Gasteiger charge is 2.44. The molecule has 1 unspecified atom stereocenters. The lowest BCUT2D eigenvalue weighted by Crippen LogP contribution is -2.57. The molecule has 0 aromatic heterocycles. The number of benzene rings is 2. The molecule has 1 saturated heterocycles. The van der Waals surface area contributed by atoms with Crippen LogP contribution in [0.4, 0.5) is 14.5 Å². The maximum Gasteiger partial charge on any atom is 0.255 e. The van der Waals surface area contributed by atoms with Gasteiger partial charge < -0.3 is 30.9 Å². The number of ether oxygens (including phenoxy) is 1. The predicted molar refractivity (Wildman–Crippen MR) is 148 cm³/mol. The van der Waals surface area contributed by atoms with E-state index in [0.29, 0.717) is 53.4 Å². The molecule has 40 heavy (non-hydrogen) atoms. The smallest absolute Gasteiger partial charge is 0.255 e. The van der Waals surface area contributed by atoms with Gasteiger partial charge in [-0.3, -0.25) is 4.79 Å². The zero-order valence-electron chi connectivity index (χ0n) is 21.8. The van der Waals surface area contributed by atoms with E-state index in [0.717, 1.165) is 12.8 Å². The summed E-state index contributed by atoms with van der Waals surface area (Å²) in [6, 6.07) is 9.50. The monoisotopic (exact) mass is 567 g/mol. The highest BCUT2D eigenvalue weighted by molar-refractivity contribution is 6.34. The molecule has 2 aromatic carbocycles. The van der Waals surface area contributed by atoms with Gasteiger partial charge in [0.15, 0.2) is 29.7 Å². The molecule has 3 aliphatic heterocycles. The fraction of sp³-hybridized carbons (Fsp3) is 0.321. The van der Waals surface area contributed by atoms with Gasteiger partial charge in [0.2, 0.25) is 5.82 Å². The lowest BCUT2D eigenvalue weighted by Gasteiger charge is -2.39. The molecule has 0 saturated carbocycles. The summed E-state index contributed by atoms with van der Waals surface area (Å²) in [6.45, 7) is 3.35. The van der Waals surface area contributed by atoms with Gasteiger partial charge >= 0.3 is 0 Å². The number of hydrogen-bond acceptors (Lipinski definition) is 8. The highest BCUT2D eigenvalue weighted by Crippen LogP contribution is 2.38. The number of nitrogens with zero attached hydrogens (tertiary/aromatic N) is 4. The maximum atomic E-state index is 15.0. The Morgan fingerprint density at radius 2 is 2.08 bits per heavy atom. The Labute approximate surface area is 235 Å². The number of rotatable bonds is 6. The van der Waals surface area contributed by atoms with Gasteiger partial charge in [-0.15, -0.1) is 0 Å². The first kappa shape index (κ1) is 27.4. The Kier molecular flexibility index (Phi) is 7.65.